The van der Waals surface area contributed by atoms with Gasteiger partial charge in [0, 0.05) is 6.08 Å². The van der Waals surface area contributed by atoms with Gasteiger partial charge < -0.3 is 10.1 Å². The summed E-state index contributed by atoms with van der Waals surface area (Å²) in [7, 11) is 1.63. The predicted octanol–water partition coefficient (Wildman–Crippen LogP) is 4.52. The molecule has 0 unspecified atom stereocenters. The van der Waals surface area contributed by atoms with E-state index in [1.54, 1.807) is 13.2 Å². The van der Waals surface area contributed by atoms with Gasteiger partial charge in [-0.2, -0.15) is 5.10 Å². The Kier molecular flexibility index (Phi) is 5.94. The number of carbonyl (C=O) groups excluding carboxylic acids is 1. The topological polar surface area (TPSA) is 56.1 Å². The SMILES string of the molecule is COc1ccc(/C=C/C(=O)Nc2c(C)nn(Cc3ccc(C)cc3)c2C)cc1. The highest BCUT2D eigenvalue weighted by Gasteiger charge is 2.13. The van der Waals surface area contributed by atoms with Crippen LogP contribution in [0.2, 0.25) is 0 Å². The van der Waals surface area contributed by atoms with E-state index in [1.807, 2.05) is 42.8 Å². The lowest BCUT2D eigenvalue weighted by Gasteiger charge is -2.06. The van der Waals surface area contributed by atoms with Crippen LogP contribution in [0.15, 0.2) is 54.6 Å². The van der Waals surface area contributed by atoms with Gasteiger partial charge in [-0.1, -0.05) is 42.0 Å². The van der Waals surface area contributed by atoms with Crippen molar-refractivity contribution >= 4 is 17.7 Å². The molecule has 5 heteroatoms. The molecule has 0 saturated carbocycles. The van der Waals surface area contributed by atoms with E-state index < -0.39 is 0 Å². The van der Waals surface area contributed by atoms with E-state index in [9.17, 15) is 4.79 Å². The summed E-state index contributed by atoms with van der Waals surface area (Å²) in [6, 6.07) is 15.9. The van der Waals surface area contributed by atoms with Gasteiger partial charge in [0.25, 0.3) is 0 Å². The normalized spacial score (nSPS) is 11.0. The number of anilines is 1. The van der Waals surface area contributed by atoms with E-state index >= 15 is 0 Å². The van der Waals surface area contributed by atoms with Gasteiger partial charge in [-0.3, -0.25) is 9.48 Å². The minimum atomic E-state index is -0.183. The third kappa shape index (κ3) is 4.68. The van der Waals surface area contributed by atoms with Gasteiger partial charge in [-0.05, 0) is 50.1 Å². The second-order valence-electron chi connectivity index (χ2n) is 6.78. The molecule has 0 spiro atoms. The standard InChI is InChI=1S/C23H25N3O2/c1-16-5-7-20(8-6-16)15-26-18(3)23(17(2)25-26)24-22(27)14-11-19-9-12-21(28-4)13-10-19/h5-14H,15H2,1-4H3,(H,24,27)/b14-11+. The summed E-state index contributed by atoms with van der Waals surface area (Å²) < 4.78 is 7.06. The van der Waals surface area contributed by atoms with Crippen LogP contribution in [-0.4, -0.2) is 22.8 Å². The van der Waals surface area contributed by atoms with Crippen LogP contribution in [0.5, 0.6) is 5.75 Å². The number of hydrogen-bond donors (Lipinski definition) is 1. The van der Waals surface area contributed by atoms with Crippen LogP contribution in [0.25, 0.3) is 6.08 Å². The number of amides is 1. The largest absolute Gasteiger partial charge is 0.497 e. The van der Waals surface area contributed by atoms with Crippen LogP contribution in [-0.2, 0) is 11.3 Å². The van der Waals surface area contributed by atoms with E-state index in [-0.39, 0.29) is 5.91 Å². The third-order valence-electron chi connectivity index (χ3n) is 4.63. The fourth-order valence-corrected chi connectivity index (χ4v) is 2.95. The average molecular weight is 375 g/mol. The van der Waals surface area contributed by atoms with Crippen LogP contribution in [0.4, 0.5) is 5.69 Å². The number of aromatic nitrogens is 2. The zero-order chi connectivity index (χ0) is 20.1. The maximum absolute atomic E-state index is 12.4. The minimum absolute atomic E-state index is 0.183. The van der Waals surface area contributed by atoms with Crippen molar-refractivity contribution in [3.8, 4) is 5.75 Å². The number of aryl methyl sites for hydroxylation is 2. The van der Waals surface area contributed by atoms with Crippen molar-refractivity contribution < 1.29 is 9.53 Å². The molecular weight excluding hydrogens is 350 g/mol. The number of rotatable bonds is 6. The van der Waals surface area contributed by atoms with Gasteiger partial charge in [0.2, 0.25) is 5.91 Å². The van der Waals surface area contributed by atoms with Crippen molar-refractivity contribution in [3.05, 3.63) is 82.7 Å². The Hall–Kier alpha value is -3.34. The maximum Gasteiger partial charge on any atom is 0.248 e. The Morgan fingerprint density at radius 2 is 1.75 bits per heavy atom. The highest BCUT2D eigenvalue weighted by Crippen LogP contribution is 2.21. The zero-order valence-electron chi connectivity index (χ0n) is 16.7. The Morgan fingerprint density at radius 1 is 1.07 bits per heavy atom. The molecule has 5 nitrogen and oxygen atoms in total. The van der Waals surface area contributed by atoms with Gasteiger partial charge in [-0.15, -0.1) is 0 Å². The quantitative estimate of drug-likeness (QED) is 0.645. The molecule has 1 heterocycles. The molecule has 3 rings (SSSR count). The van der Waals surface area contributed by atoms with E-state index in [4.69, 9.17) is 4.74 Å². The van der Waals surface area contributed by atoms with Gasteiger partial charge in [0.15, 0.2) is 0 Å². The Morgan fingerprint density at radius 3 is 2.39 bits per heavy atom. The van der Waals surface area contributed by atoms with Crippen molar-refractivity contribution in [2.24, 2.45) is 0 Å². The molecule has 2 aromatic carbocycles. The summed E-state index contributed by atoms with van der Waals surface area (Å²) in [5.74, 6) is 0.603. The first kappa shape index (κ1) is 19.4. The number of ether oxygens (including phenoxy) is 1. The second-order valence-corrected chi connectivity index (χ2v) is 6.78. The van der Waals surface area contributed by atoms with E-state index in [1.165, 1.54) is 17.2 Å². The molecule has 0 bridgehead atoms. The smallest absolute Gasteiger partial charge is 0.248 e. The van der Waals surface area contributed by atoms with Crippen LogP contribution in [0, 0.1) is 20.8 Å². The van der Waals surface area contributed by atoms with E-state index in [0.29, 0.717) is 6.54 Å². The number of carbonyl (C=O) groups is 1. The molecule has 28 heavy (non-hydrogen) atoms. The summed E-state index contributed by atoms with van der Waals surface area (Å²) in [5.41, 5.74) is 5.83. The summed E-state index contributed by atoms with van der Waals surface area (Å²) in [6.07, 6.45) is 3.30. The molecule has 0 atom stereocenters. The lowest BCUT2D eigenvalue weighted by atomic mass is 10.1. The first-order chi connectivity index (χ1) is 13.5. The second kappa shape index (κ2) is 8.57. The number of nitrogens with one attached hydrogen (secondary N) is 1. The molecule has 3 aromatic rings. The molecule has 0 radical (unpaired) electrons. The molecule has 0 aliphatic carbocycles. The van der Waals surface area contributed by atoms with Crippen molar-refractivity contribution in [1.29, 1.82) is 0 Å². The van der Waals surface area contributed by atoms with E-state index in [2.05, 4.69) is 41.6 Å². The Balaban J connectivity index is 1.69. The van der Waals surface area contributed by atoms with Gasteiger partial charge in [0.1, 0.15) is 5.75 Å². The predicted molar refractivity (Wildman–Crippen MR) is 113 cm³/mol. The van der Waals surface area contributed by atoms with Crippen molar-refractivity contribution in [1.82, 2.24) is 9.78 Å². The first-order valence-corrected chi connectivity index (χ1v) is 9.19. The molecule has 0 saturated heterocycles. The van der Waals surface area contributed by atoms with Crippen LogP contribution in [0.3, 0.4) is 0 Å². The fourth-order valence-electron chi connectivity index (χ4n) is 2.95. The van der Waals surface area contributed by atoms with Gasteiger partial charge >= 0.3 is 0 Å². The van der Waals surface area contributed by atoms with Crippen LogP contribution >= 0.6 is 0 Å². The molecule has 0 fully saturated rings. The monoisotopic (exact) mass is 375 g/mol. The molecule has 1 N–H and O–H groups in total. The number of methoxy groups -OCH3 is 1. The molecule has 144 valence electrons. The summed E-state index contributed by atoms with van der Waals surface area (Å²) in [5, 5.41) is 7.54. The molecule has 1 amide bonds. The first-order valence-electron chi connectivity index (χ1n) is 9.19. The lowest BCUT2D eigenvalue weighted by molar-refractivity contribution is -0.111. The fraction of sp³-hybridized carbons (Fsp3) is 0.217. The molecule has 0 aliphatic heterocycles. The van der Waals surface area contributed by atoms with Crippen LogP contribution in [0.1, 0.15) is 28.1 Å². The molecule has 0 aliphatic rings. The highest BCUT2D eigenvalue weighted by molar-refractivity contribution is 6.02. The van der Waals surface area contributed by atoms with Gasteiger partial charge in [0.05, 0.1) is 30.7 Å². The highest BCUT2D eigenvalue weighted by atomic mass is 16.5. The number of nitrogens with zero attached hydrogens (tertiary/aromatic N) is 2. The van der Waals surface area contributed by atoms with Crippen molar-refractivity contribution in [2.45, 2.75) is 27.3 Å². The van der Waals surface area contributed by atoms with Crippen LogP contribution < -0.4 is 10.1 Å². The molecule has 1 aromatic heterocycles. The zero-order valence-corrected chi connectivity index (χ0v) is 16.7. The average Bonchev–Trinajstić information content (AvgIpc) is 2.96. The number of benzene rings is 2. The lowest BCUT2D eigenvalue weighted by Crippen LogP contribution is -2.10. The summed E-state index contributed by atoms with van der Waals surface area (Å²) in [4.78, 5) is 12.4. The molecular formula is C23H25N3O2. The summed E-state index contributed by atoms with van der Waals surface area (Å²) in [6.45, 7) is 6.61. The third-order valence-corrected chi connectivity index (χ3v) is 4.63. The Bertz CT molecular complexity index is 984. The maximum atomic E-state index is 12.4. The van der Waals surface area contributed by atoms with Gasteiger partial charge in [-0.25, -0.2) is 0 Å². The summed E-state index contributed by atoms with van der Waals surface area (Å²) >= 11 is 0. The number of hydrogen-bond acceptors (Lipinski definition) is 3. The Labute approximate surface area is 165 Å². The van der Waals surface area contributed by atoms with E-state index in [0.717, 1.165) is 28.4 Å². The minimum Gasteiger partial charge on any atom is -0.497 e. The van der Waals surface area contributed by atoms with Crippen molar-refractivity contribution in [3.63, 3.8) is 0 Å². The van der Waals surface area contributed by atoms with Crippen molar-refractivity contribution in [2.75, 3.05) is 12.4 Å².